The minimum atomic E-state index is -0.299. The fourth-order valence-electron chi connectivity index (χ4n) is 3.28. The lowest BCUT2D eigenvalue weighted by Crippen LogP contribution is -2.20. The van der Waals surface area contributed by atoms with E-state index in [1.165, 1.54) is 17.7 Å². The van der Waals surface area contributed by atoms with Gasteiger partial charge in [0.2, 0.25) is 0 Å². The summed E-state index contributed by atoms with van der Waals surface area (Å²) in [6, 6.07) is 5.30. The van der Waals surface area contributed by atoms with Crippen molar-refractivity contribution in [1.29, 1.82) is 0 Å². The highest BCUT2D eigenvalue weighted by atomic mass is 35.5. The maximum atomic E-state index is 12.7. The summed E-state index contributed by atoms with van der Waals surface area (Å²) in [6.45, 7) is 2.15. The molecule has 0 saturated heterocycles. The van der Waals surface area contributed by atoms with Gasteiger partial charge in [0.1, 0.15) is 5.00 Å². The quantitative estimate of drug-likeness (QED) is 0.395. The topological polar surface area (TPSA) is 50.4 Å². The average Bonchev–Trinajstić information content (AvgIpc) is 2.95. The number of nitrogens with one attached hydrogen (secondary N) is 2. The predicted molar refractivity (Wildman–Crippen MR) is 122 cm³/mol. The molecule has 2 aromatic rings. The highest BCUT2D eigenvalue weighted by molar-refractivity contribution is 7.80. The molecule has 1 aromatic heterocycles. The van der Waals surface area contributed by atoms with Crippen molar-refractivity contribution in [2.75, 3.05) is 17.2 Å². The summed E-state index contributed by atoms with van der Waals surface area (Å²) in [6.07, 6.45) is 6.50. The molecule has 0 spiro atoms. The molecule has 0 radical (unpaired) electrons. The number of carbonyl (C=O) groups is 1. The van der Waals surface area contributed by atoms with E-state index in [0.717, 1.165) is 36.2 Å². The number of thiocarbonyl (C=S) groups is 1. The van der Waals surface area contributed by atoms with Crippen LogP contribution in [0.5, 0.6) is 0 Å². The second-order valence-corrected chi connectivity index (χ2v) is 8.82. The van der Waals surface area contributed by atoms with E-state index in [1.807, 2.05) is 6.92 Å². The van der Waals surface area contributed by atoms with Crippen molar-refractivity contribution in [3.63, 3.8) is 0 Å². The third kappa shape index (κ3) is 4.98. The zero-order chi connectivity index (χ0) is 20.1. The van der Waals surface area contributed by atoms with Gasteiger partial charge in [-0.15, -0.1) is 11.3 Å². The van der Waals surface area contributed by atoms with Crippen LogP contribution in [0.25, 0.3) is 0 Å². The second kappa shape index (κ2) is 9.92. The fourth-order valence-corrected chi connectivity index (χ4v) is 5.19. The molecule has 0 aliphatic heterocycles. The Kier molecular flexibility index (Phi) is 7.57. The molecule has 8 heteroatoms. The number of thiophene rings is 1. The first-order valence-electron chi connectivity index (χ1n) is 9.35. The number of fused-ring (bicyclic) bond motifs is 1. The Hall–Kier alpha value is -1.34. The third-order valence-electron chi connectivity index (χ3n) is 4.58. The third-order valence-corrected chi connectivity index (χ3v) is 6.81. The number of aryl methyl sites for hydroxylation is 1. The van der Waals surface area contributed by atoms with Crippen LogP contribution in [-0.2, 0) is 17.6 Å². The molecule has 1 aliphatic carbocycles. The summed E-state index contributed by atoms with van der Waals surface area (Å²) in [7, 11) is 0. The normalized spacial score (nSPS) is 13.8. The van der Waals surface area contributed by atoms with Gasteiger partial charge in [-0.2, -0.15) is 0 Å². The van der Waals surface area contributed by atoms with Gasteiger partial charge in [0, 0.05) is 4.88 Å². The Balaban J connectivity index is 1.87. The number of rotatable bonds is 4. The predicted octanol–water partition coefficient (Wildman–Crippen LogP) is 6.70. The van der Waals surface area contributed by atoms with Crippen LogP contribution >= 0.6 is 46.8 Å². The Bertz CT molecular complexity index is 883. The number of carbonyl (C=O) groups excluding carboxylic acids is 1. The van der Waals surface area contributed by atoms with E-state index in [0.29, 0.717) is 33.0 Å². The van der Waals surface area contributed by atoms with E-state index < -0.39 is 0 Å². The summed E-state index contributed by atoms with van der Waals surface area (Å²) in [5.74, 6) is -0.299. The Morgan fingerprint density at radius 2 is 1.93 bits per heavy atom. The molecule has 0 saturated carbocycles. The van der Waals surface area contributed by atoms with E-state index in [2.05, 4.69) is 10.6 Å². The number of esters is 1. The van der Waals surface area contributed by atoms with Crippen LogP contribution < -0.4 is 10.6 Å². The first-order chi connectivity index (χ1) is 13.5. The van der Waals surface area contributed by atoms with Crippen LogP contribution in [0, 0.1) is 0 Å². The van der Waals surface area contributed by atoms with Crippen LogP contribution in [0.1, 0.15) is 53.4 Å². The van der Waals surface area contributed by atoms with Gasteiger partial charge in [0.15, 0.2) is 5.11 Å². The van der Waals surface area contributed by atoms with Crippen LogP contribution in [0.15, 0.2) is 18.2 Å². The Labute approximate surface area is 184 Å². The summed E-state index contributed by atoms with van der Waals surface area (Å²) in [5.41, 5.74) is 2.33. The second-order valence-electron chi connectivity index (χ2n) is 6.52. The van der Waals surface area contributed by atoms with Crippen LogP contribution in [0.4, 0.5) is 10.7 Å². The van der Waals surface area contributed by atoms with Crippen LogP contribution in [-0.4, -0.2) is 17.7 Å². The first-order valence-corrected chi connectivity index (χ1v) is 11.3. The SMILES string of the molecule is CCOC(=O)c1c(NC(=S)Nc2cccc(Cl)c2Cl)sc2c1CCCCCC2. The molecule has 1 aromatic carbocycles. The van der Waals surface area contributed by atoms with E-state index in [4.69, 9.17) is 40.2 Å². The Morgan fingerprint density at radius 3 is 2.68 bits per heavy atom. The van der Waals surface area contributed by atoms with Gasteiger partial charge in [-0.05, 0) is 62.5 Å². The lowest BCUT2D eigenvalue weighted by Gasteiger charge is -2.13. The molecule has 0 amide bonds. The standard InChI is InChI=1S/C20H22Cl2N2O2S2/c1-2-26-19(25)16-12-8-5-3-4-6-11-15(12)28-18(16)24-20(27)23-14-10-7-9-13(21)17(14)22/h7,9-10H,2-6,8,11H2,1H3,(H2,23,24,27). The van der Waals surface area contributed by atoms with Crippen molar-refractivity contribution in [3.8, 4) is 0 Å². The van der Waals surface area contributed by atoms with Gasteiger partial charge in [0.25, 0.3) is 0 Å². The zero-order valence-corrected chi connectivity index (χ0v) is 18.7. The van der Waals surface area contributed by atoms with E-state index in [9.17, 15) is 4.79 Å². The molecular weight excluding hydrogens is 435 g/mol. The highest BCUT2D eigenvalue weighted by Crippen LogP contribution is 2.38. The molecule has 4 nitrogen and oxygen atoms in total. The molecule has 1 aliphatic rings. The van der Waals surface area contributed by atoms with Crippen LogP contribution in [0.2, 0.25) is 10.0 Å². The van der Waals surface area contributed by atoms with Gasteiger partial charge in [-0.3, -0.25) is 0 Å². The minimum absolute atomic E-state index is 0.299. The lowest BCUT2D eigenvalue weighted by molar-refractivity contribution is 0.0526. The number of hydrogen-bond acceptors (Lipinski definition) is 4. The van der Waals surface area contributed by atoms with Crippen molar-refractivity contribution in [2.45, 2.75) is 45.4 Å². The van der Waals surface area contributed by atoms with Gasteiger partial charge < -0.3 is 15.4 Å². The van der Waals surface area contributed by atoms with Crippen LogP contribution in [0.3, 0.4) is 0 Å². The first kappa shape index (κ1) is 21.4. The van der Waals surface area contributed by atoms with Crippen molar-refractivity contribution < 1.29 is 9.53 Å². The summed E-state index contributed by atoms with van der Waals surface area (Å²) >= 11 is 19.3. The highest BCUT2D eigenvalue weighted by Gasteiger charge is 2.25. The molecule has 150 valence electrons. The summed E-state index contributed by atoms with van der Waals surface area (Å²) in [5, 5.41) is 8.16. The van der Waals surface area contributed by atoms with E-state index in [-0.39, 0.29) is 5.97 Å². The largest absolute Gasteiger partial charge is 0.462 e. The van der Waals surface area contributed by atoms with Crippen molar-refractivity contribution in [1.82, 2.24) is 0 Å². The molecule has 2 N–H and O–H groups in total. The maximum absolute atomic E-state index is 12.7. The Morgan fingerprint density at radius 1 is 1.18 bits per heavy atom. The monoisotopic (exact) mass is 456 g/mol. The number of anilines is 2. The zero-order valence-electron chi connectivity index (χ0n) is 15.6. The van der Waals surface area contributed by atoms with Gasteiger partial charge >= 0.3 is 5.97 Å². The van der Waals surface area contributed by atoms with Gasteiger partial charge in [0.05, 0.1) is 27.9 Å². The summed E-state index contributed by atoms with van der Waals surface area (Å²) in [4.78, 5) is 13.9. The smallest absolute Gasteiger partial charge is 0.341 e. The molecular formula is C20H22Cl2N2O2S2. The molecule has 1 heterocycles. The number of hydrogen-bond donors (Lipinski definition) is 2. The maximum Gasteiger partial charge on any atom is 0.341 e. The van der Waals surface area contributed by atoms with Crippen molar-refractivity contribution in [3.05, 3.63) is 44.2 Å². The summed E-state index contributed by atoms with van der Waals surface area (Å²) < 4.78 is 5.33. The molecule has 0 fully saturated rings. The average molecular weight is 457 g/mol. The molecule has 0 atom stereocenters. The minimum Gasteiger partial charge on any atom is -0.462 e. The fraction of sp³-hybridized carbons (Fsp3) is 0.400. The molecule has 3 rings (SSSR count). The van der Waals surface area contributed by atoms with Gasteiger partial charge in [-0.25, -0.2) is 4.79 Å². The molecule has 0 unspecified atom stereocenters. The number of ether oxygens (including phenoxy) is 1. The molecule has 0 bridgehead atoms. The number of benzene rings is 1. The van der Waals surface area contributed by atoms with E-state index >= 15 is 0 Å². The van der Waals surface area contributed by atoms with Crippen molar-refractivity contribution in [2.24, 2.45) is 0 Å². The van der Waals surface area contributed by atoms with E-state index in [1.54, 1.807) is 29.5 Å². The van der Waals surface area contributed by atoms with Crippen molar-refractivity contribution >= 4 is 68.5 Å². The molecule has 28 heavy (non-hydrogen) atoms. The lowest BCUT2D eigenvalue weighted by atomic mass is 9.96. The van der Waals surface area contributed by atoms with Gasteiger partial charge in [-0.1, -0.05) is 42.1 Å². The number of halogens is 2.